The van der Waals surface area contributed by atoms with Crippen LogP contribution in [-0.4, -0.2) is 42.5 Å². The molecule has 1 aliphatic rings. The Kier molecular flexibility index (Phi) is 7.77. The highest BCUT2D eigenvalue weighted by Gasteiger charge is 2.56. The zero-order chi connectivity index (χ0) is 29.1. The van der Waals surface area contributed by atoms with Crippen molar-refractivity contribution < 1.29 is 29.0 Å². The maximum atomic E-state index is 14.1. The van der Waals surface area contributed by atoms with Gasteiger partial charge in [0.2, 0.25) is 11.8 Å². The molecule has 0 aliphatic heterocycles. The Morgan fingerprint density at radius 3 is 1.95 bits per heavy atom. The van der Waals surface area contributed by atoms with E-state index in [2.05, 4.69) is 10.6 Å². The molecule has 0 radical (unpaired) electrons. The van der Waals surface area contributed by atoms with Gasteiger partial charge in [-0.2, -0.15) is 0 Å². The molecular weight excluding hydrogens is 520 g/mol. The molecule has 3 N–H and O–H groups in total. The van der Waals surface area contributed by atoms with E-state index < -0.39 is 41.0 Å². The molecule has 210 valence electrons. The molecular formula is C33H32N2O6. The Bertz CT molecular complexity index is 1610. The number of aliphatic hydroxyl groups is 1. The summed E-state index contributed by atoms with van der Waals surface area (Å²) < 4.78 is 10.8. The van der Waals surface area contributed by atoms with Crippen LogP contribution in [-0.2, 0) is 14.4 Å². The quantitative estimate of drug-likeness (QED) is 0.273. The van der Waals surface area contributed by atoms with E-state index in [1.165, 1.54) is 21.1 Å². The number of hydrogen-bond donors (Lipinski definition) is 3. The summed E-state index contributed by atoms with van der Waals surface area (Å²) in [5.74, 6) is -4.10. The SMILES string of the molecule is COc1ccccc1NC(=O)C1C(=O)CC(C)(O)C(C(=O)Nc2ccccc2OC)C1c1cccc2ccccc12. The number of para-hydroxylation sites is 4. The van der Waals surface area contributed by atoms with E-state index in [-0.39, 0.29) is 6.42 Å². The Labute approximate surface area is 238 Å². The van der Waals surface area contributed by atoms with Gasteiger partial charge in [0.15, 0.2) is 0 Å². The van der Waals surface area contributed by atoms with Gasteiger partial charge in [-0.1, -0.05) is 66.7 Å². The maximum absolute atomic E-state index is 14.1. The second kappa shape index (κ2) is 11.4. The van der Waals surface area contributed by atoms with Crippen LogP contribution < -0.4 is 20.1 Å². The highest BCUT2D eigenvalue weighted by molar-refractivity contribution is 6.11. The van der Waals surface area contributed by atoms with E-state index >= 15 is 0 Å². The third kappa shape index (κ3) is 5.38. The van der Waals surface area contributed by atoms with Crippen LogP contribution in [0.2, 0.25) is 0 Å². The van der Waals surface area contributed by atoms with E-state index in [1.807, 2.05) is 42.5 Å². The molecule has 1 aliphatic carbocycles. The molecule has 4 atom stereocenters. The summed E-state index contributed by atoms with van der Waals surface area (Å²) in [6.07, 6.45) is -0.373. The monoisotopic (exact) mass is 552 g/mol. The van der Waals surface area contributed by atoms with Gasteiger partial charge in [0.25, 0.3) is 0 Å². The summed E-state index contributed by atoms with van der Waals surface area (Å²) in [6.45, 7) is 1.48. The first-order chi connectivity index (χ1) is 19.7. The van der Waals surface area contributed by atoms with Crippen LogP contribution in [0.5, 0.6) is 11.5 Å². The van der Waals surface area contributed by atoms with Crippen LogP contribution in [0.25, 0.3) is 10.8 Å². The van der Waals surface area contributed by atoms with Crippen molar-refractivity contribution in [2.75, 3.05) is 24.9 Å². The number of rotatable bonds is 7. The van der Waals surface area contributed by atoms with Crippen LogP contribution in [0, 0.1) is 11.8 Å². The van der Waals surface area contributed by atoms with E-state index in [9.17, 15) is 19.5 Å². The molecule has 4 aromatic carbocycles. The molecule has 0 bridgehead atoms. The van der Waals surface area contributed by atoms with Gasteiger partial charge in [0.1, 0.15) is 23.2 Å². The van der Waals surface area contributed by atoms with Gasteiger partial charge in [-0.25, -0.2) is 0 Å². The third-order valence-corrected chi connectivity index (χ3v) is 7.74. The molecule has 4 aromatic rings. The largest absolute Gasteiger partial charge is 0.495 e. The van der Waals surface area contributed by atoms with Crippen molar-refractivity contribution >= 4 is 39.7 Å². The third-order valence-electron chi connectivity index (χ3n) is 7.74. The highest BCUT2D eigenvalue weighted by Crippen LogP contribution is 2.48. The number of carbonyl (C=O) groups excluding carboxylic acids is 3. The van der Waals surface area contributed by atoms with Crippen LogP contribution >= 0.6 is 0 Å². The average Bonchev–Trinajstić information content (AvgIpc) is 2.96. The van der Waals surface area contributed by atoms with Gasteiger partial charge in [-0.05, 0) is 47.5 Å². The fraction of sp³-hybridized carbons (Fsp3) is 0.242. The van der Waals surface area contributed by atoms with Gasteiger partial charge in [-0.3, -0.25) is 14.4 Å². The minimum Gasteiger partial charge on any atom is -0.495 e. The number of anilines is 2. The number of benzene rings is 4. The molecule has 2 amide bonds. The van der Waals surface area contributed by atoms with Crippen molar-refractivity contribution in [1.82, 2.24) is 0 Å². The molecule has 4 unspecified atom stereocenters. The molecule has 0 saturated heterocycles. The van der Waals surface area contributed by atoms with Crippen molar-refractivity contribution in [3.63, 3.8) is 0 Å². The number of nitrogens with one attached hydrogen (secondary N) is 2. The highest BCUT2D eigenvalue weighted by atomic mass is 16.5. The van der Waals surface area contributed by atoms with Crippen LogP contribution in [0.3, 0.4) is 0 Å². The number of carbonyl (C=O) groups is 3. The van der Waals surface area contributed by atoms with Crippen molar-refractivity contribution in [3.05, 3.63) is 96.6 Å². The van der Waals surface area contributed by atoms with Crippen LogP contribution in [0.4, 0.5) is 11.4 Å². The first-order valence-electron chi connectivity index (χ1n) is 13.4. The standard InChI is InChI=1S/C33H32N2O6/c1-33(39)19-25(36)29(31(37)34-23-15-6-8-17-26(23)40-2)28(22-14-10-12-20-11-4-5-13-21(20)22)30(33)32(38)35-24-16-7-9-18-27(24)41-3/h4-18,28-30,39H,19H2,1-3H3,(H,34,37)(H,35,38). The Morgan fingerprint density at radius 2 is 1.32 bits per heavy atom. The summed E-state index contributed by atoms with van der Waals surface area (Å²) in [4.78, 5) is 41.8. The minimum atomic E-state index is -1.74. The lowest BCUT2D eigenvalue weighted by Crippen LogP contribution is -2.56. The van der Waals surface area contributed by atoms with Crippen molar-refractivity contribution in [2.45, 2.75) is 24.9 Å². The van der Waals surface area contributed by atoms with Crippen LogP contribution in [0.1, 0.15) is 24.8 Å². The summed E-state index contributed by atoms with van der Waals surface area (Å²) in [7, 11) is 2.99. The number of hydrogen-bond acceptors (Lipinski definition) is 6. The predicted octanol–water partition coefficient (Wildman–Crippen LogP) is 5.17. The zero-order valence-corrected chi connectivity index (χ0v) is 23.1. The van der Waals surface area contributed by atoms with Gasteiger partial charge in [0, 0.05) is 12.3 Å². The molecule has 8 heteroatoms. The van der Waals surface area contributed by atoms with Crippen molar-refractivity contribution in [3.8, 4) is 11.5 Å². The number of methoxy groups -OCH3 is 2. The average molecular weight is 553 g/mol. The van der Waals surface area contributed by atoms with Crippen LogP contribution in [0.15, 0.2) is 91.0 Å². The first kappa shape index (κ1) is 27.9. The topological polar surface area (TPSA) is 114 Å². The van der Waals surface area contributed by atoms with E-state index in [1.54, 1.807) is 48.5 Å². The molecule has 0 spiro atoms. The fourth-order valence-electron chi connectivity index (χ4n) is 5.92. The van der Waals surface area contributed by atoms with E-state index in [4.69, 9.17) is 9.47 Å². The molecule has 0 aromatic heterocycles. The number of ketones is 1. The van der Waals surface area contributed by atoms with E-state index in [0.29, 0.717) is 28.4 Å². The zero-order valence-electron chi connectivity index (χ0n) is 23.1. The maximum Gasteiger partial charge on any atom is 0.235 e. The second-order valence-electron chi connectivity index (χ2n) is 10.4. The Hall–Kier alpha value is -4.69. The number of fused-ring (bicyclic) bond motifs is 1. The van der Waals surface area contributed by atoms with Crippen molar-refractivity contribution in [2.24, 2.45) is 11.8 Å². The molecule has 1 saturated carbocycles. The lowest BCUT2D eigenvalue weighted by molar-refractivity contribution is -0.150. The van der Waals surface area contributed by atoms with Crippen molar-refractivity contribution in [1.29, 1.82) is 0 Å². The Balaban J connectivity index is 1.65. The molecule has 5 rings (SSSR count). The normalized spacial score (nSPS) is 22.1. The lowest BCUT2D eigenvalue weighted by atomic mass is 9.60. The van der Waals surface area contributed by atoms with E-state index in [0.717, 1.165) is 10.8 Å². The minimum absolute atomic E-state index is 0.373. The summed E-state index contributed by atoms with van der Waals surface area (Å²) in [5.41, 5.74) is -0.306. The second-order valence-corrected chi connectivity index (χ2v) is 10.4. The smallest absolute Gasteiger partial charge is 0.235 e. The molecule has 1 fully saturated rings. The Morgan fingerprint density at radius 1 is 0.780 bits per heavy atom. The number of amides is 2. The predicted molar refractivity (Wildman–Crippen MR) is 157 cm³/mol. The first-order valence-corrected chi connectivity index (χ1v) is 13.4. The summed E-state index contributed by atoms with van der Waals surface area (Å²) in [6, 6.07) is 27.0. The van der Waals surface area contributed by atoms with Gasteiger partial charge in [-0.15, -0.1) is 0 Å². The molecule has 8 nitrogen and oxygen atoms in total. The summed E-state index contributed by atoms with van der Waals surface area (Å²) >= 11 is 0. The number of Topliss-reactive ketones (excluding diaryl/α,β-unsaturated/α-hetero) is 1. The lowest BCUT2D eigenvalue weighted by Gasteiger charge is -2.44. The molecule has 0 heterocycles. The number of ether oxygens (including phenoxy) is 2. The van der Waals surface area contributed by atoms with Gasteiger partial charge < -0.3 is 25.2 Å². The van der Waals surface area contributed by atoms with Gasteiger partial charge >= 0.3 is 0 Å². The molecule has 41 heavy (non-hydrogen) atoms. The van der Waals surface area contributed by atoms with Gasteiger partial charge in [0.05, 0.1) is 37.1 Å². The summed E-state index contributed by atoms with van der Waals surface area (Å²) in [5, 5.41) is 19.1. The fourth-order valence-corrected chi connectivity index (χ4v) is 5.92.